The summed E-state index contributed by atoms with van der Waals surface area (Å²) in [5, 5.41) is 131. The van der Waals surface area contributed by atoms with Gasteiger partial charge in [0, 0.05) is 13.8 Å². The van der Waals surface area contributed by atoms with Crippen LogP contribution < -0.4 is 5.32 Å². The number of aliphatic hydroxyl groups excluding tert-OH is 12. The van der Waals surface area contributed by atoms with Crippen molar-refractivity contribution in [3.63, 3.8) is 0 Å². The lowest BCUT2D eigenvalue weighted by Gasteiger charge is -2.51. The Kier molecular flexibility index (Phi) is 16.4. The fraction of sp³-hybridized carbons (Fsp3) is 0.941. The van der Waals surface area contributed by atoms with Gasteiger partial charge in [-0.2, -0.15) is 0 Å². The highest BCUT2D eigenvalue weighted by molar-refractivity contribution is 5.73. The van der Waals surface area contributed by atoms with E-state index in [0.717, 1.165) is 13.8 Å². The summed E-state index contributed by atoms with van der Waals surface area (Å²) in [5.41, 5.74) is 0. The fourth-order valence-corrected chi connectivity index (χ4v) is 7.52. The van der Waals surface area contributed by atoms with E-state index < -0.39 is 179 Å². The maximum Gasteiger partial charge on any atom is 0.303 e. The first kappa shape index (κ1) is 48.1. The summed E-state index contributed by atoms with van der Waals surface area (Å²) in [6.07, 6.45) is -41.2. The molecule has 5 fully saturated rings. The number of nitrogens with one attached hydrogen (secondary N) is 1. The minimum absolute atomic E-state index is 0.787. The van der Waals surface area contributed by atoms with E-state index >= 15 is 0 Å². The zero-order valence-electron chi connectivity index (χ0n) is 32.6. The van der Waals surface area contributed by atoms with Crippen molar-refractivity contribution in [3.05, 3.63) is 0 Å². The molecule has 5 saturated heterocycles. The standard InChI is InChI=1S/C34H57NO24/c1-8-16(40)22(46)27(30(49)50-8)58-34-29(26(18(42)10(3)52-34)57-32-24(48)21(45)19(43)13(6-36)55-32)59-31-15(35-11(4)38)25(20(44)14(7-37)54-31)56-33-28(53-12(5)39)23(47)17(41)9(2)51-33/h8-10,13-34,36-37,40-49H,6-7H2,1-5H3,(H,35,38)/t8-,9-,10-,13+,14+,15+,16-,17-,18-,19+,20+,21-,22+,23+,24+,25+,26+,27+,28+,29+,30+,31-,32+,33-,34-/m0/s1. The summed E-state index contributed by atoms with van der Waals surface area (Å²) in [5.74, 6) is -1.71. The molecule has 342 valence electrons. The molecule has 5 aliphatic heterocycles. The third-order valence-electron chi connectivity index (χ3n) is 10.9. The molecule has 5 rings (SSSR count). The molecular weight excluding hydrogens is 806 g/mol. The number of esters is 1. The smallest absolute Gasteiger partial charge is 0.303 e. The molecule has 25 atom stereocenters. The second kappa shape index (κ2) is 20.1. The normalized spacial score (nSPS) is 50.8. The second-order valence-corrected chi connectivity index (χ2v) is 15.2. The Balaban J connectivity index is 1.55. The Morgan fingerprint density at radius 2 is 0.949 bits per heavy atom. The van der Waals surface area contributed by atoms with Crippen molar-refractivity contribution >= 4 is 11.9 Å². The summed E-state index contributed by atoms with van der Waals surface area (Å²) in [6, 6.07) is -1.67. The van der Waals surface area contributed by atoms with E-state index in [4.69, 9.17) is 47.4 Å². The monoisotopic (exact) mass is 863 g/mol. The summed E-state index contributed by atoms with van der Waals surface area (Å²) in [4.78, 5) is 24.7. The van der Waals surface area contributed by atoms with Crippen LogP contribution in [0.25, 0.3) is 0 Å². The molecule has 13 N–H and O–H groups in total. The quantitative estimate of drug-likeness (QED) is 0.0810. The van der Waals surface area contributed by atoms with Crippen LogP contribution in [0.4, 0.5) is 0 Å². The molecule has 0 radical (unpaired) electrons. The van der Waals surface area contributed by atoms with Crippen molar-refractivity contribution in [3.8, 4) is 0 Å². The number of hydrogen-bond donors (Lipinski definition) is 13. The Hall–Kier alpha value is -1.90. The first-order chi connectivity index (χ1) is 27.7. The third-order valence-corrected chi connectivity index (χ3v) is 10.9. The van der Waals surface area contributed by atoms with Crippen LogP contribution in [-0.2, 0) is 57.0 Å². The number of carbonyl (C=O) groups excluding carboxylic acids is 2. The van der Waals surface area contributed by atoms with Gasteiger partial charge in [-0.25, -0.2) is 0 Å². The van der Waals surface area contributed by atoms with E-state index in [1.807, 2.05) is 0 Å². The van der Waals surface area contributed by atoms with Gasteiger partial charge in [0.2, 0.25) is 5.91 Å². The van der Waals surface area contributed by atoms with Crippen LogP contribution in [0, 0.1) is 0 Å². The van der Waals surface area contributed by atoms with Gasteiger partial charge in [-0.3, -0.25) is 9.59 Å². The molecule has 5 aliphatic rings. The predicted octanol–water partition coefficient (Wildman–Crippen LogP) is -8.13. The minimum Gasteiger partial charge on any atom is -0.454 e. The van der Waals surface area contributed by atoms with Crippen molar-refractivity contribution in [1.29, 1.82) is 0 Å². The highest BCUT2D eigenvalue weighted by Crippen LogP contribution is 2.37. The van der Waals surface area contributed by atoms with E-state index in [0.29, 0.717) is 0 Å². The molecule has 59 heavy (non-hydrogen) atoms. The van der Waals surface area contributed by atoms with E-state index in [-0.39, 0.29) is 0 Å². The lowest BCUT2D eigenvalue weighted by Crippen LogP contribution is -2.70. The van der Waals surface area contributed by atoms with Crippen LogP contribution in [-0.4, -0.2) is 240 Å². The van der Waals surface area contributed by atoms with Crippen molar-refractivity contribution in [2.24, 2.45) is 0 Å². The van der Waals surface area contributed by atoms with E-state index in [1.165, 1.54) is 20.8 Å². The Morgan fingerprint density at radius 1 is 0.475 bits per heavy atom. The zero-order valence-corrected chi connectivity index (χ0v) is 32.6. The molecule has 0 bridgehead atoms. The van der Waals surface area contributed by atoms with Crippen LogP contribution >= 0.6 is 0 Å². The average molecular weight is 864 g/mol. The molecule has 0 aliphatic carbocycles. The number of amides is 1. The van der Waals surface area contributed by atoms with Gasteiger partial charge in [0.25, 0.3) is 0 Å². The zero-order chi connectivity index (χ0) is 43.8. The topological polar surface area (TPSA) is 381 Å². The number of carbonyl (C=O) groups is 2. The molecule has 0 unspecified atom stereocenters. The van der Waals surface area contributed by atoms with Gasteiger partial charge in [0.15, 0.2) is 37.6 Å². The lowest BCUT2D eigenvalue weighted by molar-refractivity contribution is -0.403. The van der Waals surface area contributed by atoms with E-state index in [2.05, 4.69) is 5.32 Å². The van der Waals surface area contributed by atoms with E-state index in [9.17, 15) is 70.9 Å². The minimum atomic E-state index is -2.02. The van der Waals surface area contributed by atoms with Crippen LogP contribution in [0.1, 0.15) is 34.6 Å². The summed E-state index contributed by atoms with van der Waals surface area (Å²) < 4.78 is 57.8. The SMILES string of the molecule is CC(=O)N[C@H]1[C@H](O[C@H]2[C@H](O[C@@H]3[C@H](O)[C@@H](O)[C@H](C)O[C@H]3O)O[C@@H](C)[C@H](O)[C@H]2O[C@H]2O[C@H](CO)[C@@H](O)[C@H](O)[C@H]2O)O[C@H](CO)[C@@H](O)[C@@H]1O[C@@H]1O[C@@H](C)[C@H](O)[C@@H](O)[C@H]1OC(C)=O. The average Bonchev–Trinajstić information content (AvgIpc) is 3.18. The van der Waals surface area contributed by atoms with Gasteiger partial charge in [0.1, 0.15) is 97.6 Å². The van der Waals surface area contributed by atoms with Gasteiger partial charge >= 0.3 is 5.97 Å². The fourth-order valence-electron chi connectivity index (χ4n) is 7.52. The lowest BCUT2D eigenvalue weighted by atomic mass is 9.94. The first-order valence-corrected chi connectivity index (χ1v) is 19.1. The molecule has 0 aromatic carbocycles. The summed E-state index contributed by atoms with van der Waals surface area (Å²) in [6.45, 7) is 4.32. The largest absolute Gasteiger partial charge is 0.454 e. The number of rotatable bonds is 12. The molecule has 0 spiro atoms. The molecule has 0 aromatic heterocycles. The van der Waals surface area contributed by atoms with Crippen LogP contribution in [0.2, 0.25) is 0 Å². The van der Waals surface area contributed by atoms with Gasteiger partial charge in [0.05, 0.1) is 31.5 Å². The Morgan fingerprint density at radius 3 is 1.53 bits per heavy atom. The predicted molar refractivity (Wildman–Crippen MR) is 183 cm³/mol. The highest BCUT2D eigenvalue weighted by Gasteiger charge is 2.57. The van der Waals surface area contributed by atoms with Crippen LogP contribution in [0.5, 0.6) is 0 Å². The number of aliphatic hydroxyl groups is 12. The Labute approximate surface area is 336 Å². The van der Waals surface area contributed by atoms with Crippen LogP contribution in [0.15, 0.2) is 0 Å². The number of hydrogen-bond acceptors (Lipinski definition) is 24. The summed E-state index contributed by atoms with van der Waals surface area (Å²) in [7, 11) is 0. The molecular formula is C34H57NO24. The first-order valence-electron chi connectivity index (χ1n) is 19.1. The highest BCUT2D eigenvalue weighted by atomic mass is 16.8. The molecule has 25 nitrogen and oxygen atoms in total. The third kappa shape index (κ3) is 10.3. The summed E-state index contributed by atoms with van der Waals surface area (Å²) >= 11 is 0. The van der Waals surface area contributed by atoms with Crippen molar-refractivity contribution < 1.29 is 118 Å². The second-order valence-electron chi connectivity index (χ2n) is 15.2. The van der Waals surface area contributed by atoms with Crippen LogP contribution in [0.3, 0.4) is 0 Å². The molecule has 25 heteroatoms. The van der Waals surface area contributed by atoms with Gasteiger partial charge in [-0.1, -0.05) is 0 Å². The Bertz CT molecular complexity index is 1380. The maximum atomic E-state index is 12.7. The van der Waals surface area contributed by atoms with Gasteiger partial charge in [-0.05, 0) is 20.8 Å². The number of ether oxygens (including phenoxy) is 10. The van der Waals surface area contributed by atoms with Crippen molar-refractivity contribution in [1.82, 2.24) is 5.32 Å². The van der Waals surface area contributed by atoms with E-state index in [1.54, 1.807) is 0 Å². The molecule has 1 amide bonds. The molecule has 5 heterocycles. The van der Waals surface area contributed by atoms with Gasteiger partial charge < -0.3 is 114 Å². The van der Waals surface area contributed by atoms with Crippen molar-refractivity contribution in [2.75, 3.05) is 13.2 Å². The molecule has 0 aromatic rings. The molecule has 0 saturated carbocycles. The van der Waals surface area contributed by atoms with Gasteiger partial charge in [-0.15, -0.1) is 0 Å². The maximum absolute atomic E-state index is 12.7. The van der Waals surface area contributed by atoms with Crippen molar-refractivity contribution in [2.45, 2.75) is 188 Å².